The Labute approximate surface area is 172 Å². The second-order valence-electron chi connectivity index (χ2n) is 7.36. The van der Waals surface area contributed by atoms with Crippen LogP contribution in [0.5, 0.6) is 0 Å². The van der Waals surface area contributed by atoms with Crippen LogP contribution in [0.25, 0.3) is 10.4 Å². The van der Waals surface area contributed by atoms with E-state index in [2.05, 4.69) is 10.0 Å². The lowest BCUT2D eigenvalue weighted by Gasteiger charge is -2.26. The molecule has 0 bridgehead atoms. The molecule has 11 nitrogen and oxygen atoms in total. The van der Waals surface area contributed by atoms with Crippen molar-refractivity contribution in [1.29, 1.82) is 0 Å². The molecule has 2 fully saturated rings. The first-order chi connectivity index (χ1) is 13.5. The Hall–Kier alpha value is -0.610. The highest BCUT2D eigenvalue weighted by Gasteiger charge is 2.48. The summed E-state index contributed by atoms with van der Waals surface area (Å²) >= 11 is 0. The lowest BCUT2D eigenvalue weighted by molar-refractivity contribution is -0.173. The van der Waals surface area contributed by atoms with Gasteiger partial charge in [-0.2, -0.15) is 0 Å². The maximum absolute atomic E-state index is 12.5. The summed E-state index contributed by atoms with van der Waals surface area (Å²) in [5.41, 5.74) is 8.75. The number of phosphoric acid groups is 1. The average Bonchev–Trinajstić information content (AvgIpc) is 3.06. The van der Waals surface area contributed by atoms with Gasteiger partial charge in [0.2, 0.25) is 0 Å². The minimum atomic E-state index is -4.62. The molecule has 0 aliphatic carbocycles. The van der Waals surface area contributed by atoms with E-state index in [1.165, 1.54) is 0 Å². The van der Waals surface area contributed by atoms with Crippen molar-refractivity contribution in [2.75, 3.05) is 6.61 Å². The smallest absolute Gasteiger partial charge is 0.380 e. The van der Waals surface area contributed by atoms with E-state index >= 15 is 0 Å². The van der Waals surface area contributed by atoms with Crippen molar-refractivity contribution in [3.63, 3.8) is 0 Å². The van der Waals surface area contributed by atoms with Gasteiger partial charge >= 0.3 is 7.82 Å². The standard InChI is InChI=1S/C15H26B2N3O8P/c1-7(2)24-9-5-11(16)26-10(9)6-23-29(21,22)28-13-12(19-20-18)14(17)27-15(13)25-8(3)4/h7-15H,5-6H2,1-4H3,(H,21,22)/t9-,10-,11-,12?,13-,14-,15-/m1/s1. The average molecular weight is 429 g/mol. The molecule has 0 aromatic carbocycles. The van der Waals surface area contributed by atoms with Gasteiger partial charge in [0.05, 0.1) is 31.0 Å². The number of azide groups is 1. The van der Waals surface area contributed by atoms with Gasteiger partial charge in [0.15, 0.2) is 6.29 Å². The van der Waals surface area contributed by atoms with Crippen LogP contribution in [-0.2, 0) is 32.6 Å². The van der Waals surface area contributed by atoms with Crippen LogP contribution in [-0.4, -0.2) is 82.1 Å². The van der Waals surface area contributed by atoms with Crippen molar-refractivity contribution in [3.8, 4) is 0 Å². The van der Waals surface area contributed by atoms with Crippen molar-refractivity contribution in [2.45, 2.75) is 89.0 Å². The topological polar surface area (TPSA) is 141 Å². The first kappa shape index (κ1) is 24.7. The predicted molar refractivity (Wildman–Crippen MR) is 103 cm³/mol. The summed E-state index contributed by atoms with van der Waals surface area (Å²) < 4.78 is 44.9. The van der Waals surface area contributed by atoms with Crippen molar-refractivity contribution in [1.82, 2.24) is 0 Å². The van der Waals surface area contributed by atoms with E-state index in [9.17, 15) is 9.46 Å². The van der Waals surface area contributed by atoms with Crippen LogP contribution in [0, 0.1) is 0 Å². The van der Waals surface area contributed by atoms with Gasteiger partial charge < -0.3 is 23.8 Å². The molecule has 0 saturated carbocycles. The SMILES string of the molecule is [B][C@@H]1O[C@@H](OC(C)C)[C@H](OP(=O)(O)OC[C@H]2O[C@@H]([B])C[C@H]2OC(C)C)C1N=[N+]=[N-]. The minimum absolute atomic E-state index is 0.0794. The zero-order valence-electron chi connectivity index (χ0n) is 16.9. The Morgan fingerprint density at radius 2 is 1.90 bits per heavy atom. The van der Waals surface area contributed by atoms with Gasteiger partial charge in [-0.25, -0.2) is 4.57 Å². The van der Waals surface area contributed by atoms with E-state index in [1.54, 1.807) is 13.8 Å². The van der Waals surface area contributed by atoms with Crippen molar-refractivity contribution in [3.05, 3.63) is 10.4 Å². The van der Waals surface area contributed by atoms with E-state index in [0.717, 1.165) is 0 Å². The third-order valence-electron chi connectivity index (χ3n) is 4.16. The molecular weight excluding hydrogens is 403 g/mol. The fourth-order valence-electron chi connectivity index (χ4n) is 3.08. The maximum Gasteiger partial charge on any atom is 0.472 e. The molecule has 2 unspecified atom stereocenters. The lowest BCUT2D eigenvalue weighted by atomic mass is 9.92. The van der Waals surface area contributed by atoms with Crippen LogP contribution in [0.15, 0.2) is 5.11 Å². The summed E-state index contributed by atoms with van der Waals surface area (Å²) in [6, 6.07) is -2.72. The molecule has 2 heterocycles. The molecule has 4 radical (unpaired) electrons. The van der Waals surface area contributed by atoms with Crippen LogP contribution in [0.1, 0.15) is 34.1 Å². The van der Waals surface area contributed by atoms with Gasteiger partial charge in [-0.15, -0.1) is 0 Å². The molecule has 0 aromatic heterocycles. The lowest BCUT2D eigenvalue weighted by Crippen LogP contribution is -2.36. The summed E-state index contributed by atoms with van der Waals surface area (Å²) in [6.07, 6.45) is -3.34. The molecule has 2 aliphatic heterocycles. The van der Waals surface area contributed by atoms with Gasteiger partial charge in [0, 0.05) is 16.9 Å². The van der Waals surface area contributed by atoms with Crippen molar-refractivity contribution < 1.29 is 37.5 Å². The molecule has 160 valence electrons. The zero-order chi connectivity index (χ0) is 21.8. The summed E-state index contributed by atoms with van der Waals surface area (Å²) in [7, 11) is 6.95. The first-order valence-corrected chi connectivity index (χ1v) is 10.8. The van der Waals surface area contributed by atoms with E-state index in [1.807, 2.05) is 13.8 Å². The second-order valence-corrected chi connectivity index (χ2v) is 8.76. The van der Waals surface area contributed by atoms with E-state index in [0.29, 0.717) is 6.42 Å². The highest BCUT2D eigenvalue weighted by Crippen LogP contribution is 2.48. The summed E-state index contributed by atoms with van der Waals surface area (Å²) in [5, 5.41) is 3.50. The molecule has 0 aromatic rings. The number of phosphoric ester groups is 1. The minimum Gasteiger partial charge on any atom is -0.380 e. The molecular formula is C15H26B2N3O8P. The third kappa shape index (κ3) is 7.24. The molecule has 0 amide bonds. The van der Waals surface area contributed by atoms with Gasteiger partial charge in [-0.1, -0.05) is 5.11 Å². The number of ether oxygens (including phenoxy) is 4. The Kier molecular flexibility index (Phi) is 9.03. The fraction of sp³-hybridized carbons (Fsp3) is 1.00. The Bertz CT molecular complexity index is 639. The first-order valence-electron chi connectivity index (χ1n) is 9.35. The highest BCUT2D eigenvalue weighted by atomic mass is 31.2. The van der Waals surface area contributed by atoms with E-state index in [-0.39, 0.29) is 24.9 Å². The Balaban J connectivity index is 2.03. The number of hydrogen-bond acceptors (Lipinski definition) is 8. The Morgan fingerprint density at radius 3 is 2.48 bits per heavy atom. The number of rotatable bonds is 10. The van der Waals surface area contributed by atoms with Gasteiger partial charge in [0.25, 0.3) is 0 Å². The van der Waals surface area contributed by atoms with Crippen LogP contribution in [0.2, 0.25) is 0 Å². The normalized spacial score (nSPS) is 37.0. The molecule has 2 rings (SSSR count). The van der Waals surface area contributed by atoms with Crippen LogP contribution in [0.4, 0.5) is 0 Å². The van der Waals surface area contributed by atoms with Crippen LogP contribution < -0.4 is 0 Å². The summed E-state index contributed by atoms with van der Waals surface area (Å²) in [4.78, 5) is 12.9. The molecule has 0 spiro atoms. The summed E-state index contributed by atoms with van der Waals surface area (Å²) in [6.45, 7) is 6.89. The molecule has 29 heavy (non-hydrogen) atoms. The van der Waals surface area contributed by atoms with Gasteiger partial charge in [-0.3, -0.25) is 9.05 Å². The largest absolute Gasteiger partial charge is 0.472 e. The van der Waals surface area contributed by atoms with E-state index < -0.39 is 44.4 Å². The van der Waals surface area contributed by atoms with Gasteiger partial charge in [-0.05, 0) is 39.6 Å². The molecule has 1 N–H and O–H groups in total. The van der Waals surface area contributed by atoms with Crippen molar-refractivity contribution >= 4 is 23.5 Å². The molecule has 2 aliphatic rings. The molecule has 8 atom stereocenters. The maximum atomic E-state index is 12.5. The van der Waals surface area contributed by atoms with Gasteiger partial charge in [0.1, 0.15) is 27.9 Å². The monoisotopic (exact) mass is 429 g/mol. The van der Waals surface area contributed by atoms with Crippen molar-refractivity contribution in [2.24, 2.45) is 5.11 Å². The molecule has 2 saturated heterocycles. The predicted octanol–water partition coefficient (Wildman–Crippen LogP) is 1.52. The molecule has 14 heteroatoms. The van der Waals surface area contributed by atoms with E-state index in [4.69, 9.17) is 49.2 Å². The van der Waals surface area contributed by atoms with Crippen LogP contribution in [0.3, 0.4) is 0 Å². The third-order valence-corrected chi connectivity index (χ3v) is 5.14. The fourth-order valence-corrected chi connectivity index (χ4v) is 4.01. The zero-order valence-corrected chi connectivity index (χ0v) is 17.8. The number of hydrogen-bond donors (Lipinski definition) is 1. The van der Waals surface area contributed by atoms with Crippen LogP contribution >= 0.6 is 7.82 Å². The second kappa shape index (κ2) is 10.6. The number of nitrogens with zero attached hydrogens (tertiary/aromatic N) is 3. The summed E-state index contributed by atoms with van der Waals surface area (Å²) in [5.74, 6) is 0. The quantitative estimate of drug-likeness (QED) is 0.181. The Morgan fingerprint density at radius 1 is 1.24 bits per heavy atom. The highest BCUT2D eigenvalue weighted by molar-refractivity contribution is 7.47.